The average molecular weight is 550 g/mol. The molecule has 0 amide bonds. The maximum atomic E-state index is 11.3. The number of oxazole rings is 1. The Bertz CT molecular complexity index is 1170. The van der Waals surface area contributed by atoms with Gasteiger partial charge in [-0.25, -0.2) is 4.98 Å². The molecule has 0 bridgehead atoms. The monoisotopic (exact) mass is 549 g/mol. The lowest BCUT2D eigenvalue weighted by atomic mass is 9.57. The minimum atomic E-state index is -0.648. The highest BCUT2D eigenvalue weighted by molar-refractivity contribution is 5.39. The zero-order valence-electron chi connectivity index (χ0n) is 25.2. The van der Waals surface area contributed by atoms with Gasteiger partial charge in [-0.1, -0.05) is 70.6 Å². The normalized spacial score (nSPS) is 35.0. The zero-order valence-corrected chi connectivity index (χ0v) is 25.2. The number of rotatable bonds is 9. The Morgan fingerprint density at radius 1 is 1.20 bits per heavy atom. The summed E-state index contributed by atoms with van der Waals surface area (Å²) in [6.07, 6.45) is 20.6. The van der Waals surface area contributed by atoms with E-state index in [9.17, 15) is 15.3 Å². The Labute approximate surface area is 241 Å². The van der Waals surface area contributed by atoms with E-state index < -0.39 is 18.3 Å². The second-order valence-corrected chi connectivity index (χ2v) is 14.1. The standard InChI is InChI=1S/C35H51NO4/c1-6-7-10-26-22-40-32(36-26)35(18-19-35)31(39)15-17-33(3,4)30-14-13-28-24(9-8-16-34(28,30)5)11-12-25-20-27(37)21-29(38)23(25)2/h11-12,15,17,22,27-31,37-39H,2,6-10,13-14,16,18-21H2,1,3-5H3/b17-15+,24-11+,25-12-/t27-,28+,29+,30-,31-,34+/m1/s1. The van der Waals surface area contributed by atoms with Crippen LogP contribution < -0.4 is 0 Å². The Morgan fingerprint density at radius 2 is 1.98 bits per heavy atom. The van der Waals surface area contributed by atoms with Crippen LogP contribution in [0.1, 0.15) is 110 Å². The van der Waals surface area contributed by atoms with Gasteiger partial charge in [-0.2, -0.15) is 0 Å². The molecular formula is C35H51NO4. The third-order valence-corrected chi connectivity index (χ3v) is 11.0. The predicted molar refractivity (Wildman–Crippen MR) is 160 cm³/mol. The molecular weight excluding hydrogens is 498 g/mol. The highest BCUT2D eigenvalue weighted by Crippen LogP contribution is 2.62. The first kappa shape index (κ1) is 29.5. The second-order valence-electron chi connectivity index (χ2n) is 14.1. The summed E-state index contributed by atoms with van der Waals surface area (Å²) >= 11 is 0. The van der Waals surface area contributed by atoms with E-state index in [1.54, 1.807) is 6.26 Å². The van der Waals surface area contributed by atoms with Crippen LogP contribution in [0.4, 0.5) is 0 Å². The molecule has 0 spiro atoms. The van der Waals surface area contributed by atoms with Crippen LogP contribution in [0.3, 0.4) is 0 Å². The summed E-state index contributed by atoms with van der Waals surface area (Å²) in [4.78, 5) is 4.76. The lowest BCUT2D eigenvalue weighted by Gasteiger charge is -2.47. The molecule has 0 radical (unpaired) electrons. The number of aliphatic hydroxyl groups is 3. The van der Waals surface area contributed by atoms with Crippen LogP contribution >= 0.6 is 0 Å². The van der Waals surface area contributed by atoms with E-state index in [4.69, 9.17) is 9.40 Å². The fourth-order valence-corrected chi connectivity index (χ4v) is 8.35. The van der Waals surface area contributed by atoms with E-state index in [2.05, 4.69) is 52.5 Å². The molecule has 4 saturated carbocycles. The summed E-state index contributed by atoms with van der Waals surface area (Å²) < 4.78 is 5.88. The van der Waals surface area contributed by atoms with Crippen LogP contribution in [0.5, 0.6) is 0 Å². The maximum absolute atomic E-state index is 11.3. The molecule has 5 rings (SSSR count). The van der Waals surface area contributed by atoms with Gasteiger partial charge < -0.3 is 19.7 Å². The zero-order chi connectivity index (χ0) is 28.7. The minimum absolute atomic E-state index is 0.0454. The lowest BCUT2D eigenvalue weighted by Crippen LogP contribution is -2.39. The quantitative estimate of drug-likeness (QED) is 0.285. The first-order valence-corrected chi connectivity index (χ1v) is 15.8. The first-order chi connectivity index (χ1) is 19.0. The van der Waals surface area contributed by atoms with Gasteiger partial charge in [0.25, 0.3) is 0 Å². The highest BCUT2D eigenvalue weighted by Gasteiger charge is 2.55. The van der Waals surface area contributed by atoms with Gasteiger partial charge in [0, 0.05) is 6.42 Å². The van der Waals surface area contributed by atoms with Crippen molar-refractivity contribution in [1.82, 2.24) is 4.98 Å². The van der Waals surface area contributed by atoms with Crippen molar-refractivity contribution in [2.45, 2.75) is 128 Å². The fraction of sp³-hybridized carbons (Fsp3) is 0.686. The second kappa shape index (κ2) is 11.4. The Hall–Kier alpha value is -1.95. The van der Waals surface area contributed by atoms with Crippen molar-refractivity contribution >= 4 is 0 Å². The summed E-state index contributed by atoms with van der Waals surface area (Å²) in [7, 11) is 0. The third kappa shape index (κ3) is 5.58. The van der Waals surface area contributed by atoms with Crippen LogP contribution in [0, 0.1) is 22.7 Å². The van der Waals surface area contributed by atoms with Gasteiger partial charge in [-0.15, -0.1) is 0 Å². The van der Waals surface area contributed by atoms with Crippen LogP contribution in [0.2, 0.25) is 0 Å². The number of allylic oxidation sites excluding steroid dienone is 4. The van der Waals surface area contributed by atoms with Crippen molar-refractivity contribution in [3.05, 3.63) is 65.5 Å². The van der Waals surface area contributed by atoms with Gasteiger partial charge in [0.1, 0.15) is 6.26 Å². The Morgan fingerprint density at radius 3 is 2.70 bits per heavy atom. The van der Waals surface area contributed by atoms with Gasteiger partial charge in [0.2, 0.25) is 5.89 Å². The molecule has 40 heavy (non-hydrogen) atoms. The molecule has 1 heterocycles. The molecule has 1 aromatic rings. The van der Waals surface area contributed by atoms with Crippen molar-refractivity contribution in [2.24, 2.45) is 22.7 Å². The van der Waals surface area contributed by atoms with E-state index in [-0.39, 0.29) is 16.2 Å². The molecule has 220 valence electrons. The summed E-state index contributed by atoms with van der Waals surface area (Å²) in [6.45, 7) is 13.4. The Balaban J connectivity index is 1.30. The smallest absolute Gasteiger partial charge is 0.203 e. The Kier molecular flexibility index (Phi) is 8.40. The van der Waals surface area contributed by atoms with Crippen LogP contribution in [-0.2, 0) is 11.8 Å². The van der Waals surface area contributed by atoms with Gasteiger partial charge in [0.05, 0.1) is 29.4 Å². The average Bonchev–Trinajstić information content (AvgIpc) is 3.43. The number of hydrogen-bond acceptors (Lipinski definition) is 5. The van der Waals surface area contributed by atoms with Gasteiger partial charge in [0.15, 0.2) is 0 Å². The van der Waals surface area contributed by atoms with Gasteiger partial charge >= 0.3 is 0 Å². The number of aromatic nitrogens is 1. The number of fused-ring (bicyclic) bond motifs is 1. The highest BCUT2D eigenvalue weighted by atomic mass is 16.3. The molecule has 6 atom stereocenters. The van der Waals surface area contributed by atoms with Crippen LogP contribution in [0.25, 0.3) is 0 Å². The lowest BCUT2D eigenvalue weighted by molar-refractivity contribution is 0.0705. The molecule has 3 N–H and O–H groups in total. The van der Waals surface area contributed by atoms with Gasteiger partial charge in [-0.3, -0.25) is 0 Å². The van der Waals surface area contributed by atoms with Crippen molar-refractivity contribution < 1.29 is 19.7 Å². The van der Waals surface area contributed by atoms with Crippen LogP contribution in [-0.4, -0.2) is 38.6 Å². The molecule has 4 aliphatic carbocycles. The minimum Gasteiger partial charge on any atom is -0.448 e. The summed E-state index contributed by atoms with van der Waals surface area (Å²) in [5.74, 6) is 1.77. The van der Waals surface area contributed by atoms with Crippen molar-refractivity contribution in [1.29, 1.82) is 0 Å². The molecule has 0 unspecified atom stereocenters. The molecule has 1 aromatic heterocycles. The van der Waals surface area contributed by atoms with E-state index in [1.807, 2.05) is 6.08 Å². The van der Waals surface area contributed by atoms with Crippen molar-refractivity contribution in [2.75, 3.05) is 0 Å². The fourth-order valence-electron chi connectivity index (χ4n) is 8.35. The predicted octanol–water partition coefficient (Wildman–Crippen LogP) is 7.13. The van der Waals surface area contributed by atoms with Gasteiger partial charge in [-0.05, 0) is 98.0 Å². The van der Waals surface area contributed by atoms with E-state index >= 15 is 0 Å². The summed E-state index contributed by atoms with van der Waals surface area (Å²) in [5.41, 5.74) is 4.04. The topological polar surface area (TPSA) is 86.7 Å². The van der Waals surface area contributed by atoms with Crippen LogP contribution in [0.15, 0.2) is 58.3 Å². The largest absolute Gasteiger partial charge is 0.448 e. The molecule has 0 saturated heterocycles. The number of nitrogens with zero attached hydrogens (tertiary/aromatic N) is 1. The molecule has 0 aromatic carbocycles. The van der Waals surface area contributed by atoms with Crippen molar-refractivity contribution in [3.63, 3.8) is 0 Å². The number of aryl methyl sites for hydroxylation is 1. The molecule has 4 aliphatic rings. The molecule has 5 heteroatoms. The van der Waals surface area contributed by atoms with E-state index in [0.717, 1.165) is 55.4 Å². The van der Waals surface area contributed by atoms with Crippen molar-refractivity contribution in [3.8, 4) is 0 Å². The van der Waals surface area contributed by atoms with E-state index in [1.165, 1.54) is 31.3 Å². The molecule has 5 nitrogen and oxygen atoms in total. The number of aliphatic hydroxyl groups excluding tert-OH is 3. The maximum Gasteiger partial charge on any atom is 0.203 e. The third-order valence-electron chi connectivity index (χ3n) is 11.0. The molecule has 0 aliphatic heterocycles. The SMILES string of the molecule is C=C1/C(=C\C=C2/CCC[C@]3(C)[C@@H](C(C)(C)/C=C/[C@@H](O)C4(c5nc(CCCC)co5)CC4)CC[C@@H]23)C[C@@H](O)C[C@@H]1O. The first-order valence-electron chi connectivity index (χ1n) is 15.8. The summed E-state index contributed by atoms with van der Waals surface area (Å²) in [5, 5.41) is 31.8. The summed E-state index contributed by atoms with van der Waals surface area (Å²) in [6, 6.07) is 0. The number of hydrogen-bond donors (Lipinski definition) is 3. The molecule has 4 fully saturated rings. The van der Waals surface area contributed by atoms with E-state index in [0.29, 0.717) is 30.6 Å². The number of unbranched alkanes of at least 4 members (excludes halogenated alkanes) is 1.